The summed E-state index contributed by atoms with van der Waals surface area (Å²) >= 11 is 0. The van der Waals surface area contributed by atoms with Gasteiger partial charge in [0.1, 0.15) is 5.75 Å². The SMILES string of the molecule is I.NC(=NCc1cccnc1OCC(F)(F)F)NC1CCOc2ccccc21. The van der Waals surface area contributed by atoms with E-state index >= 15 is 0 Å². The number of hydrogen-bond donors (Lipinski definition) is 2. The molecule has 0 saturated carbocycles. The predicted molar refractivity (Wildman–Crippen MR) is 109 cm³/mol. The number of alkyl halides is 3. The second kappa shape index (κ2) is 9.80. The molecule has 1 aliphatic heterocycles. The molecule has 0 radical (unpaired) electrons. The molecule has 2 heterocycles. The number of fused-ring (bicyclic) bond motifs is 1. The maximum Gasteiger partial charge on any atom is 0.422 e. The Bertz CT molecular complexity index is 817. The normalized spacial score (nSPS) is 16.4. The van der Waals surface area contributed by atoms with Crippen LogP contribution in [0.1, 0.15) is 23.6 Å². The van der Waals surface area contributed by atoms with Crippen LogP contribution in [0.2, 0.25) is 0 Å². The van der Waals surface area contributed by atoms with E-state index in [9.17, 15) is 13.2 Å². The first-order valence-corrected chi connectivity index (χ1v) is 8.34. The van der Waals surface area contributed by atoms with Gasteiger partial charge >= 0.3 is 6.18 Å². The van der Waals surface area contributed by atoms with Crippen LogP contribution in [0.25, 0.3) is 0 Å². The Balaban J connectivity index is 0.00000280. The van der Waals surface area contributed by atoms with Crippen LogP contribution in [0.4, 0.5) is 13.2 Å². The van der Waals surface area contributed by atoms with Gasteiger partial charge in [0.25, 0.3) is 0 Å². The number of hydrogen-bond acceptors (Lipinski definition) is 4. The first-order chi connectivity index (χ1) is 12.9. The highest BCUT2D eigenvalue weighted by molar-refractivity contribution is 14.0. The van der Waals surface area contributed by atoms with Gasteiger partial charge in [-0.05, 0) is 12.1 Å². The zero-order chi connectivity index (χ0) is 19.3. The molecule has 152 valence electrons. The Kier molecular flexibility index (Phi) is 7.72. The van der Waals surface area contributed by atoms with Crippen molar-refractivity contribution in [1.29, 1.82) is 0 Å². The number of ether oxygens (including phenoxy) is 2. The Morgan fingerprint density at radius 3 is 2.86 bits per heavy atom. The highest BCUT2D eigenvalue weighted by atomic mass is 127. The average molecular weight is 508 g/mol. The van der Waals surface area contributed by atoms with Crippen LogP contribution < -0.4 is 20.5 Å². The summed E-state index contributed by atoms with van der Waals surface area (Å²) in [5.41, 5.74) is 7.36. The maximum absolute atomic E-state index is 12.3. The smallest absolute Gasteiger partial charge is 0.422 e. The summed E-state index contributed by atoms with van der Waals surface area (Å²) in [5.74, 6) is 0.870. The van der Waals surface area contributed by atoms with Crippen molar-refractivity contribution in [2.45, 2.75) is 25.2 Å². The van der Waals surface area contributed by atoms with Crippen LogP contribution in [0, 0.1) is 0 Å². The third kappa shape index (κ3) is 6.14. The summed E-state index contributed by atoms with van der Waals surface area (Å²) in [6.45, 7) is -0.807. The van der Waals surface area contributed by atoms with Crippen LogP contribution in [0.3, 0.4) is 0 Å². The Morgan fingerprint density at radius 1 is 1.29 bits per heavy atom. The lowest BCUT2D eigenvalue weighted by Gasteiger charge is -2.26. The minimum atomic E-state index is -4.44. The summed E-state index contributed by atoms with van der Waals surface area (Å²) in [6, 6.07) is 10.8. The number of para-hydroxylation sites is 1. The molecule has 1 atom stereocenters. The highest BCUT2D eigenvalue weighted by Crippen LogP contribution is 2.31. The van der Waals surface area contributed by atoms with E-state index in [0.29, 0.717) is 12.2 Å². The molecule has 6 nitrogen and oxygen atoms in total. The molecule has 0 fully saturated rings. The minimum absolute atomic E-state index is 0. The molecule has 3 rings (SSSR count). The molecule has 3 N–H and O–H groups in total. The molecule has 1 aliphatic rings. The Hall–Kier alpha value is -2.24. The van der Waals surface area contributed by atoms with E-state index in [2.05, 4.69) is 15.3 Å². The van der Waals surface area contributed by atoms with Gasteiger partial charge in [-0.1, -0.05) is 24.3 Å². The fraction of sp³-hybridized carbons (Fsp3) is 0.333. The van der Waals surface area contributed by atoms with Crippen molar-refractivity contribution >= 4 is 29.9 Å². The van der Waals surface area contributed by atoms with E-state index in [1.54, 1.807) is 12.1 Å². The summed E-state index contributed by atoms with van der Waals surface area (Å²) in [4.78, 5) is 8.04. The number of aromatic nitrogens is 1. The van der Waals surface area contributed by atoms with Crippen molar-refractivity contribution < 1.29 is 22.6 Å². The summed E-state index contributed by atoms with van der Waals surface area (Å²) in [7, 11) is 0. The molecule has 2 aromatic rings. The van der Waals surface area contributed by atoms with Gasteiger partial charge in [-0.15, -0.1) is 24.0 Å². The van der Waals surface area contributed by atoms with Gasteiger partial charge in [0.05, 0.1) is 19.2 Å². The van der Waals surface area contributed by atoms with E-state index < -0.39 is 12.8 Å². The van der Waals surface area contributed by atoms with E-state index in [0.717, 1.165) is 17.7 Å². The van der Waals surface area contributed by atoms with Crippen molar-refractivity contribution in [3.05, 3.63) is 53.7 Å². The number of benzene rings is 1. The van der Waals surface area contributed by atoms with Gasteiger partial charge in [0.2, 0.25) is 5.88 Å². The number of guanidine groups is 1. The lowest BCUT2D eigenvalue weighted by atomic mass is 10.0. The molecule has 0 saturated heterocycles. The number of nitrogens with one attached hydrogen (secondary N) is 1. The minimum Gasteiger partial charge on any atom is -0.493 e. The van der Waals surface area contributed by atoms with E-state index in [1.807, 2.05) is 24.3 Å². The van der Waals surface area contributed by atoms with Crippen LogP contribution >= 0.6 is 24.0 Å². The molecule has 1 aromatic heterocycles. The van der Waals surface area contributed by atoms with Gasteiger partial charge in [0, 0.05) is 23.7 Å². The van der Waals surface area contributed by atoms with E-state index in [-0.39, 0.29) is 48.4 Å². The number of halogens is 4. The quantitative estimate of drug-likeness (QED) is 0.367. The number of rotatable bonds is 5. The van der Waals surface area contributed by atoms with Crippen molar-refractivity contribution in [1.82, 2.24) is 10.3 Å². The van der Waals surface area contributed by atoms with Gasteiger partial charge in [0.15, 0.2) is 12.6 Å². The van der Waals surface area contributed by atoms with Crippen LogP contribution in [0.5, 0.6) is 11.6 Å². The lowest BCUT2D eigenvalue weighted by molar-refractivity contribution is -0.154. The van der Waals surface area contributed by atoms with E-state index in [1.165, 1.54) is 6.20 Å². The van der Waals surface area contributed by atoms with Crippen LogP contribution in [0.15, 0.2) is 47.6 Å². The second-order valence-corrected chi connectivity index (χ2v) is 5.94. The molecule has 0 amide bonds. The van der Waals surface area contributed by atoms with Crippen LogP contribution in [-0.4, -0.2) is 30.3 Å². The Labute approximate surface area is 177 Å². The molecule has 1 aromatic carbocycles. The van der Waals surface area contributed by atoms with Gasteiger partial charge in [-0.25, -0.2) is 9.98 Å². The summed E-state index contributed by atoms with van der Waals surface area (Å²) in [5, 5.41) is 3.13. The van der Waals surface area contributed by atoms with E-state index in [4.69, 9.17) is 15.2 Å². The van der Waals surface area contributed by atoms with Crippen molar-refractivity contribution in [3.8, 4) is 11.6 Å². The molecule has 1 unspecified atom stereocenters. The molecule has 0 bridgehead atoms. The number of aliphatic imine (C=N–C) groups is 1. The number of nitrogens with zero attached hydrogens (tertiary/aromatic N) is 2. The second-order valence-electron chi connectivity index (χ2n) is 5.94. The zero-order valence-corrected chi connectivity index (χ0v) is 17.1. The average Bonchev–Trinajstić information content (AvgIpc) is 2.65. The molecule has 0 aliphatic carbocycles. The van der Waals surface area contributed by atoms with Gasteiger partial charge in [-0.2, -0.15) is 13.2 Å². The first kappa shape index (κ1) is 22.1. The molecule has 10 heteroatoms. The molecular formula is C18H20F3IN4O2. The maximum atomic E-state index is 12.3. The monoisotopic (exact) mass is 508 g/mol. The van der Waals surface area contributed by atoms with Crippen LogP contribution in [-0.2, 0) is 6.54 Å². The van der Waals surface area contributed by atoms with Gasteiger partial charge < -0.3 is 20.5 Å². The molecular weight excluding hydrogens is 488 g/mol. The molecule has 28 heavy (non-hydrogen) atoms. The highest BCUT2D eigenvalue weighted by Gasteiger charge is 2.29. The lowest BCUT2D eigenvalue weighted by Crippen LogP contribution is -2.37. The predicted octanol–water partition coefficient (Wildman–Crippen LogP) is 3.57. The van der Waals surface area contributed by atoms with Crippen molar-refractivity contribution in [2.24, 2.45) is 10.7 Å². The van der Waals surface area contributed by atoms with Gasteiger partial charge in [-0.3, -0.25) is 0 Å². The van der Waals surface area contributed by atoms with Crippen molar-refractivity contribution in [2.75, 3.05) is 13.2 Å². The molecule has 0 spiro atoms. The zero-order valence-electron chi connectivity index (χ0n) is 14.8. The number of pyridine rings is 1. The topological polar surface area (TPSA) is 81.8 Å². The standard InChI is InChI=1S/C18H19F3N4O2.HI/c19-18(20,21)11-27-16-12(4-3-8-23-16)10-24-17(22)25-14-7-9-26-15-6-2-1-5-13(14)15;/h1-6,8,14H,7,9-11H2,(H3,22,24,25);1H. The largest absolute Gasteiger partial charge is 0.493 e. The Morgan fingerprint density at radius 2 is 2.07 bits per heavy atom. The first-order valence-electron chi connectivity index (χ1n) is 8.34. The third-order valence-electron chi connectivity index (χ3n) is 3.92. The third-order valence-corrected chi connectivity index (χ3v) is 3.92. The fourth-order valence-electron chi connectivity index (χ4n) is 2.71. The fourth-order valence-corrected chi connectivity index (χ4v) is 2.71. The summed E-state index contributed by atoms with van der Waals surface area (Å²) in [6.07, 6.45) is -2.35. The number of nitrogens with two attached hydrogens (primary N) is 1. The summed E-state index contributed by atoms with van der Waals surface area (Å²) < 4.78 is 47.4. The van der Waals surface area contributed by atoms with Crippen molar-refractivity contribution in [3.63, 3.8) is 0 Å².